The first-order valence-electron chi connectivity index (χ1n) is 7.09. The Morgan fingerprint density at radius 3 is 2.67 bits per heavy atom. The number of nitrogens with zero attached hydrogens (tertiary/aromatic N) is 1. The van der Waals surface area contributed by atoms with Gasteiger partial charge in [0.2, 0.25) is 0 Å². The van der Waals surface area contributed by atoms with Crippen LogP contribution in [-0.4, -0.2) is 22.8 Å². The highest BCUT2D eigenvalue weighted by Gasteiger charge is 2.25. The van der Waals surface area contributed by atoms with E-state index in [1.165, 1.54) is 13.2 Å². The fraction of sp³-hybridized carbons (Fsp3) is 0.375. The van der Waals surface area contributed by atoms with Gasteiger partial charge in [0.1, 0.15) is 11.4 Å². The molecule has 0 aliphatic heterocycles. The molecule has 0 radical (unpaired) electrons. The van der Waals surface area contributed by atoms with Gasteiger partial charge in [0, 0.05) is 17.5 Å². The van der Waals surface area contributed by atoms with Gasteiger partial charge in [0.25, 0.3) is 0 Å². The monoisotopic (exact) mass is 287 g/mol. The Hall–Kier alpha value is -2.30. The summed E-state index contributed by atoms with van der Waals surface area (Å²) in [5.74, 6) is -0.536. The minimum absolute atomic E-state index is 0.0453. The van der Waals surface area contributed by atoms with E-state index >= 15 is 0 Å². The molecule has 1 aromatic heterocycles. The number of aromatic carboxylic acids is 1. The Balaban J connectivity index is 2.43. The molecule has 2 aromatic rings. The van der Waals surface area contributed by atoms with Gasteiger partial charge in [0.05, 0.1) is 12.6 Å². The normalized spacial score (nSPS) is 15.5. The van der Waals surface area contributed by atoms with Crippen LogP contribution in [-0.2, 0) is 0 Å². The van der Waals surface area contributed by atoms with E-state index in [4.69, 9.17) is 4.74 Å². The molecule has 0 spiro atoms. The second-order valence-corrected chi connectivity index (χ2v) is 5.36. The molecular formula is C16H17NO4. The maximum Gasteiger partial charge on any atom is 0.352 e. The zero-order valence-electron chi connectivity index (χ0n) is 11.8. The number of ether oxygens (including phenoxy) is 1. The Kier molecular flexibility index (Phi) is 3.41. The Labute approximate surface area is 121 Å². The van der Waals surface area contributed by atoms with Crippen LogP contribution in [0.1, 0.15) is 42.2 Å². The molecule has 110 valence electrons. The minimum atomic E-state index is -1.08. The Morgan fingerprint density at radius 2 is 2.05 bits per heavy atom. The van der Waals surface area contributed by atoms with Crippen LogP contribution in [0.4, 0.5) is 0 Å². The lowest BCUT2D eigenvalue weighted by Crippen LogP contribution is -2.21. The third-order valence-electron chi connectivity index (χ3n) is 4.16. The number of benzene rings is 1. The van der Waals surface area contributed by atoms with Crippen molar-refractivity contribution in [3.05, 3.63) is 40.2 Å². The number of carboxylic acid groups (broad SMARTS) is 1. The number of rotatable bonds is 3. The lowest BCUT2D eigenvalue weighted by molar-refractivity contribution is 0.0682. The average Bonchev–Trinajstić information content (AvgIpc) is 3.00. The number of aromatic nitrogens is 1. The van der Waals surface area contributed by atoms with Gasteiger partial charge in [-0.1, -0.05) is 18.9 Å². The van der Waals surface area contributed by atoms with Gasteiger partial charge in [0.15, 0.2) is 5.43 Å². The van der Waals surface area contributed by atoms with Crippen molar-refractivity contribution in [2.45, 2.75) is 31.7 Å². The standard InChI is InChI=1S/C16H17NO4/c1-21-14-8-4-7-11-13(18)9-12(16(19)20)17(15(11)14)10-5-2-3-6-10/h4,7-10H,2-3,5-6H2,1H3,(H,19,20). The number of fused-ring (bicyclic) bond motifs is 1. The van der Waals surface area contributed by atoms with Crippen molar-refractivity contribution in [1.82, 2.24) is 4.57 Å². The second kappa shape index (κ2) is 5.24. The SMILES string of the molecule is COc1cccc2c(=O)cc(C(=O)O)n(C3CCCC3)c12. The topological polar surface area (TPSA) is 68.5 Å². The minimum Gasteiger partial charge on any atom is -0.495 e. The molecule has 0 amide bonds. The third kappa shape index (κ3) is 2.18. The van der Waals surface area contributed by atoms with Crippen molar-refractivity contribution in [3.63, 3.8) is 0 Å². The fourth-order valence-corrected chi connectivity index (χ4v) is 3.23. The number of hydrogen-bond acceptors (Lipinski definition) is 3. The zero-order chi connectivity index (χ0) is 15.0. The predicted octanol–water partition coefficient (Wildman–Crippen LogP) is 2.82. The van der Waals surface area contributed by atoms with Crippen LogP contribution in [0.3, 0.4) is 0 Å². The van der Waals surface area contributed by atoms with E-state index in [-0.39, 0.29) is 17.2 Å². The van der Waals surface area contributed by atoms with E-state index in [0.29, 0.717) is 16.7 Å². The summed E-state index contributed by atoms with van der Waals surface area (Å²) in [7, 11) is 1.53. The van der Waals surface area contributed by atoms with Crippen molar-refractivity contribution in [3.8, 4) is 5.75 Å². The predicted molar refractivity (Wildman–Crippen MR) is 79.2 cm³/mol. The summed E-state index contributed by atoms with van der Waals surface area (Å²) in [6.07, 6.45) is 4.01. The summed E-state index contributed by atoms with van der Waals surface area (Å²) in [4.78, 5) is 23.8. The van der Waals surface area contributed by atoms with Gasteiger partial charge in [-0.05, 0) is 25.0 Å². The molecular weight excluding hydrogens is 270 g/mol. The molecule has 21 heavy (non-hydrogen) atoms. The van der Waals surface area contributed by atoms with E-state index in [9.17, 15) is 14.7 Å². The molecule has 1 N–H and O–H groups in total. The van der Waals surface area contributed by atoms with Crippen molar-refractivity contribution in [1.29, 1.82) is 0 Å². The molecule has 3 rings (SSSR count). The first kappa shape index (κ1) is 13.7. The fourth-order valence-electron chi connectivity index (χ4n) is 3.23. The van der Waals surface area contributed by atoms with Gasteiger partial charge in [-0.15, -0.1) is 0 Å². The van der Waals surface area contributed by atoms with Crippen molar-refractivity contribution < 1.29 is 14.6 Å². The summed E-state index contributed by atoms with van der Waals surface area (Å²) in [6.45, 7) is 0. The van der Waals surface area contributed by atoms with Crippen LogP contribution < -0.4 is 10.2 Å². The van der Waals surface area contributed by atoms with E-state index in [1.54, 1.807) is 22.8 Å². The lowest BCUT2D eigenvalue weighted by atomic mass is 10.1. The van der Waals surface area contributed by atoms with Crippen molar-refractivity contribution >= 4 is 16.9 Å². The van der Waals surface area contributed by atoms with Crippen LogP contribution >= 0.6 is 0 Å². The summed E-state index contributed by atoms with van der Waals surface area (Å²) >= 11 is 0. The second-order valence-electron chi connectivity index (χ2n) is 5.36. The van der Waals surface area contributed by atoms with Crippen LogP contribution in [0, 0.1) is 0 Å². The highest BCUT2D eigenvalue weighted by Crippen LogP contribution is 2.35. The van der Waals surface area contributed by atoms with Gasteiger partial charge in [-0.2, -0.15) is 0 Å². The maximum atomic E-state index is 12.2. The first-order chi connectivity index (χ1) is 10.1. The van der Waals surface area contributed by atoms with Crippen molar-refractivity contribution in [2.24, 2.45) is 0 Å². The molecule has 1 saturated carbocycles. The summed E-state index contributed by atoms with van der Waals surface area (Å²) in [5.41, 5.74) is 0.358. The largest absolute Gasteiger partial charge is 0.495 e. The number of methoxy groups -OCH3 is 1. The number of pyridine rings is 1. The summed E-state index contributed by atoms with van der Waals surface area (Å²) in [6, 6.07) is 6.57. The Morgan fingerprint density at radius 1 is 1.33 bits per heavy atom. The van der Waals surface area contributed by atoms with Crippen molar-refractivity contribution in [2.75, 3.05) is 7.11 Å². The van der Waals surface area contributed by atoms with Gasteiger partial charge >= 0.3 is 5.97 Å². The molecule has 1 aromatic carbocycles. The average molecular weight is 287 g/mol. The smallest absolute Gasteiger partial charge is 0.352 e. The van der Waals surface area contributed by atoms with Crippen LogP contribution in [0.2, 0.25) is 0 Å². The molecule has 1 fully saturated rings. The van der Waals surface area contributed by atoms with Gasteiger partial charge < -0.3 is 14.4 Å². The molecule has 0 unspecified atom stereocenters. The maximum absolute atomic E-state index is 12.2. The molecule has 1 heterocycles. The molecule has 0 atom stereocenters. The van der Waals surface area contributed by atoms with Gasteiger partial charge in [-0.3, -0.25) is 4.79 Å². The van der Waals surface area contributed by atoms with Crippen LogP contribution in [0.15, 0.2) is 29.1 Å². The van der Waals surface area contributed by atoms with E-state index in [0.717, 1.165) is 25.7 Å². The van der Waals surface area contributed by atoms with Gasteiger partial charge in [-0.25, -0.2) is 4.79 Å². The highest BCUT2D eigenvalue weighted by molar-refractivity contribution is 5.93. The van der Waals surface area contributed by atoms with E-state index in [1.807, 2.05) is 0 Å². The van der Waals surface area contributed by atoms with Crippen LogP contribution in [0.5, 0.6) is 5.75 Å². The number of hydrogen-bond donors (Lipinski definition) is 1. The van der Waals surface area contributed by atoms with E-state index < -0.39 is 5.97 Å². The molecule has 5 heteroatoms. The molecule has 1 aliphatic rings. The zero-order valence-corrected chi connectivity index (χ0v) is 11.8. The van der Waals surface area contributed by atoms with Crippen LogP contribution in [0.25, 0.3) is 10.9 Å². The first-order valence-corrected chi connectivity index (χ1v) is 7.09. The van der Waals surface area contributed by atoms with E-state index in [2.05, 4.69) is 0 Å². The molecule has 1 aliphatic carbocycles. The number of carboxylic acids is 1. The summed E-state index contributed by atoms with van der Waals surface area (Å²) in [5, 5.41) is 9.98. The molecule has 0 saturated heterocycles. The quantitative estimate of drug-likeness (QED) is 0.942. The highest BCUT2D eigenvalue weighted by atomic mass is 16.5. The number of carbonyl (C=O) groups is 1. The lowest BCUT2D eigenvalue weighted by Gasteiger charge is -2.22. The molecule has 5 nitrogen and oxygen atoms in total. The summed E-state index contributed by atoms with van der Waals surface area (Å²) < 4.78 is 7.15. The third-order valence-corrected chi connectivity index (χ3v) is 4.16. The molecule has 0 bridgehead atoms. The number of para-hydroxylation sites is 1. The Bertz CT molecular complexity index is 757.